The third-order valence-electron chi connectivity index (χ3n) is 3.03. The number of carbonyl (C=O) groups excluding carboxylic acids is 1. The minimum Gasteiger partial charge on any atom is -0.426 e. The van der Waals surface area contributed by atoms with Crippen molar-refractivity contribution in [3.8, 4) is 18.1 Å². The Hall–Kier alpha value is -2.53. The Morgan fingerprint density at radius 1 is 1.05 bits per heavy atom. The summed E-state index contributed by atoms with van der Waals surface area (Å²) < 4.78 is 5.42. The van der Waals surface area contributed by atoms with E-state index in [0.717, 1.165) is 5.56 Å². The Labute approximate surface area is 119 Å². The minimum absolute atomic E-state index is 0.266. The molecule has 0 bridgehead atoms. The molecule has 0 aliphatic heterocycles. The van der Waals surface area contributed by atoms with E-state index in [4.69, 9.17) is 11.2 Å². The van der Waals surface area contributed by atoms with Crippen molar-refractivity contribution in [3.63, 3.8) is 0 Å². The van der Waals surface area contributed by atoms with Crippen molar-refractivity contribution in [3.05, 3.63) is 66.2 Å². The fourth-order valence-corrected chi connectivity index (χ4v) is 2.01. The lowest BCUT2D eigenvalue weighted by atomic mass is 9.94. The zero-order valence-corrected chi connectivity index (χ0v) is 11.2. The number of ether oxygens (including phenoxy) is 1. The molecular formula is C18H16O2. The first-order valence-electron chi connectivity index (χ1n) is 6.56. The molecule has 2 aromatic rings. The summed E-state index contributed by atoms with van der Waals surface area (Å²) in [5.41, 5.74) is 0.934. The van der Waals surface area contributed by atoms with Gasteiger partial charge in [-0.1, -0.05) is 48.5 Å². The van der Waals surface area contributed by atoms with Crippen LogP contribution in [0.5, 0.6) is 5.75 Å². The summed E-state index contributed by atoms with van der Waals surface area (Å²) in [5, 5.41) is 0. The fraction of sp³-hybridized carbons (Fsp3) is 0.167. The summed E-state index contributed by atoms with van der Waals surface area (Å²) in [7, 11) is 0. The summed E-state index contributed by atoms with van der Waals surface area (Å²) in [6, 6.07) is 18.7. The third-order valence-corrected chi connectivity index (χ3v) is 3.03. The van der Waals surface area contributed by atoms with Crippen LogP contribution in [-0.4, -0.2) is 5.97 Å². The van der Waals surface area contributed by atoms with E-state index in [-0.39, 0.29) is 11.9 Å². The maximum atomic E-state index is 12.3. The van der Waals surface area contributed by atoms with E-state index in [0.29, 0.717) is 18.6 Å². The van der Waals surface area contributed by atoms with Crippen LogP contribution in [0.25, 0.3) is 0 Å². The lowest BCUT2D eigenvalue weighted by molar-refractivity contribution is -0.136. The molecule has 0 N–H and O–H groups in total. The number of carbonyl (C=O) groups is 1. The molecule has 100 valence electrons. The maximum Gasteiger partial charge on any atom is 0.318 e. The predicted molar refractivity (Wildman–Crippen MR) is 79.3 cm³/mol. The molecule has 0 saturated carbocycles. The first-order valence-corrected chi connectivity index (χ1v) is 6.56. The zero-order valence-electron chi connectivity index (χ0n) is 11.2. The average molecular weight is 264 g/mol. The van der Waals surface area contributed by atoms with E-state index < -0.39 is 0 Å². The Balaban J connectivity index is 2.14. The minimum atomic E-state index is -0.326. The van der Waals surface area contributed by atoms with E-state index in [2.05, 4.69) is 5.92 Å². The second-order valence-corrected chi connectivity index (χ2v) is 4.44. The Kier molecular flexibility index (Phi) is 4.97. The largest absolute Gasteiger partial charge is 0.426 e. The number of rotatable bonds is 5. The molecule has 2 aromatic carbocycles. The first kappa shape index (κ1) is 13.9. The molecule has 1 atom stereocenters. The van der Waals surface area contributed by atoms with Crippen LogP contribution in [0, 0.1) is 12.3 Å². The van der Waals surface area contributed by atoms with E-state index in [1.165, 1.54) is 0 Å². The smallest absolute Gasteiger partial charge is 0.318 e. The van der Waals surface area contributed by atoms with Crippen molar-refractivity contribution in [2.75, 3.05) is 0 Å². The summed E-state index contributed by atoms with van der Waals surface area (Å²) in [5.74, 6) is 2.54. The summed E-state index contributed by atoms with van der Waals surface area (Å²) in [6.07, 6.45) is 6.44. The molecule has 0 heterocycles. The highest BCUT2D eigenvalue weighted by Crippen LogP contribution is 2.24. The van der Waals surface area contributed by atoms with Gasteiger partial charge in [-0.15, -0.1) is 12.3 Å². The van der Waals surface area contributed by atoms with E-state index in [1.54, 1.807) is 12.1 Å². The second-order valence-electron chi connectivity index (χ2n) is 4.44. The molecule has 0 aliphatic rings. The van der Waals surface area contributed by atoms with Gasteiger partial charge in [-0.25, -0.2) is 0 Å². The van der Waals surface area contributed by atoms with Crippen molar-refractivity contribution in [2.24, 2.45) is 0 Å². The highest BCUT2D eigenvalue weighted by atomic mass is 16.5. The number of esters is 1. The highest BCUT2D eigenvalue weighted by molar-refractivity contribution is 5.80. The van der Waals surface area contributed by atoms with Gasteiger partial charge in [0, 0.05) is 6.42 Å². The standard InChI is InChI=1S/C18H16O2/c1-2-3-14-17(15-10-6-4-7-11-15)18(19)20-16-12-8-5-9-13-16/h1,4-13,17H,3,14H2. The van der Waals surface area contributed by atoms with Gasteiger partial charge in [0.1, 0.15) is 5.75 Å². The molecule has 0 aliphatic carbocycles. The van der Waals surface area contributed by atoms with Crippen molar-refractivity contribution in [2.45, 2.75) is 18.8 Å². The zero-order chi connectivity index (χ0) is 14.2. The third kappa shape index (κ3) is 3.73. The first-order chi connectivity index (χ1) is 9.81. The molecule has 0 radical (unpaired) electrons. The van der Waals surface area contributed by atoms with Gasteiger partial charge in [0.2, 0.25) is 0 Å². The molecule has 0 spiro atoms. The van der Waals surface area contributed by atoms with Gasteiger partial charge in [-0.2, -0.15) is 0 Å². The molecular weight excluding hydrogens is 248 g/mol. The topological polar surface area (TPSA) is 26.3 Å². The molecule has 0 aromatic heterocycles. The van der Waals surface area contributed by atoms with E-state index in [1.807, 2.05) is 48.5 Å². The normalized spacial score (nSPS) is 11.3. The van der Waals surface area contributed by atoms with Crippen LogP contribution in [0.15, 0.2) is 60.7 Å². The summed E-state index contributed by atoms with van der Waals surface area (Å²) in [6.45, 7) is 0. The van der Waals surface area contributed by atoms with Gasteiger partial charge in [-0.05, 0) is 24.1 Å². The average Bonchev–Trinajstić information content (AvgIpc) is 2.50. The van der Waals surface area contributed by atoms with Crippen molar-refractivity contribution in [1.82, 2.24) is 0 Å². The molecule has 2 nitrogen and oxygen atoms in total. The monoisotopic (exact) mass is 264 g/mol. The van der Waals surface area contributed by atoms with Gasteiger partial charge in [0.05, 0.1) is 5.92 Å². The maximum absolute atomic E-state index is 12.3. The lowest BCUT2D eigenvalue weighted by Gasteiger charge is -2.15. The molecule has 0 fully saturated rings. The van der Waals surface area contributed by atoms with Crippen LogP contribution in [-0.2, 0) is 4.79 Å². The van der Waals surface area contributed by atoms with Gasteiger partial charge in [0.15, 0.2) is 0 Å². The van der Waals surface area contributed by atoms with Crippen LogP contribution < -0.4 is 4.74 Å². The van der Waals surface area contributed by atoms with Crippen LogP contribution in [0.1, 0.15) is 24.3 Å². The molecule has 0 amide bonds. The Morgan fingerprint density at radius 3 is 2.25 bits per heavy atom. The van der Waals surface area contributed by atoms with Crippen molar-refractivity contribution < 1.29 is 9.53 Å². The number of hydrogen-bond donors (Lipinski definition) is 0. The summed E-state index contributed by atoms with van der Waals surface area (Å²) >= 11 is 0. The molecule has 2 rings (SSSR count). The Morgan fingerprint density at radius 2 is 1.65 bits per heavy atom. The van der Waals surface area contributed by atoms with Crippen LogP contribution >= 0.6 is 0 Å². The van der Waals surface area contributed by atoms with Gasteiger partial charge in [-0.3, -0.25) is 4.79 Å². The van der Waals surface area contributed by atoms with E-state index >= 15 is 0 Å². The second kappa shape index (κ2) is 7.16. The van der Waals surface area contributed by atoms with Gasteiger partial charge < -0.3 is 4.74 Å². The number of benzene rings is 2. The molecule has 0 saturated heterocycles. The summed E-state index contributed by atoms with van der Waals surface area (Å²) in [4.78, 5) is 12.3. The van der Waals surface area contributed by atoms with Gasteiger partial charge >= 0.3 is 5.97 Å². The number of terminal acetylenes is 1. The fourth-order valence-electron chi connectivity index (χ4n) is 2.01. The quantitative estimate of drug-likeness (QED) is 0.466. The van der Waals surface area contributed by atoms with Crippen LogP contribution in [0.4, 0.5) is 0 Å². The molecule has 1 unspecified atom stereocenters. The SMILES string of the molecule is C#CCCC(C(=O)Oc1ccccc1)c1ccccc1. The molecule has 20 heavy (non-hydrogen) atoms. The van der Waals surface area contributed by atoms with Crippen molar-refractivity contribution in [1.29, 1.82) is 0 Å². The number of hydrogen-bond acceptors (Lipinski definition) is 2. The van der Waals surface area contributed by atoms with Crippen molar-refractivity contribution >= 4 is 5.97 Å². The molecule has 2 heteroatoms. The van der Waals surface area contributed by atoms with E-state index in [9.17, 15) is 4.79 Å². The van der Waals surface area contributed by atoms with Crippen LogP contribution in [0.2, 0.25) is 0 Å². The highest BCUT2D eigenvalue weighted by Gasteiger charge is 2.22. The van der Waals surface area contributed by atoms with Gasteiger partial charge in [0.25, 0.3) is 0 Å². The lowest BCUT2D eigenvalue weighted by Crippen LogP contribution is -2.18. The predicted octanol–water partition coefficient (Wildman–Crippen LogP) is 3.79. The Bertz CT molecular complexity index is 582. The van der Waals surface area contributed by atoms with Crippen LogP contribution in [0.3, 0.4) is 0 Å². The number of para-hydroxylation sites is 1.